The zero-order chi connectivity index (χ0) is 10.8. The normalized spacial score (nSPS) is 24.9. The zero-order valence-corrected chi connectivity index (χ0v) is 8.56. The van der Waals surface area contributed by atoms with Gasteiger partial charge in [-0.25, -0.2) is 5.32 Å². The minimum atomic E-state index is -4.24. The Bertz CT molecular complexity index is 179. The van der Waals surface area contributed by atoms with Crippen LogP contribution in [0.5, 0.6) is 0 Å². The van der Waals surface area contributed by atoms with E-state index in [4.69, 9.17) is 0 Å². The third-order valence-electron chi connectivity index (χ3n) is 2.62. The van der Waals surface area contributed by atoms with Gasteiger partial charge in [-0.1, -0.05) is 0 Å². The van der Waals surface area contributed by atoms with Gasteiger partial charge in [0.15, 0.2) is 0 Å². The van der Waals surface area contributed by atoms with Crippen molar-refractivity contribution in [3.05, 3.63) is 0 Å². The van der Waals surface area contributed by atoms with Gasteiger partial charge in [-0.3, -0.25) is 4.90 Å². The lowest BCUT2D eigenvalue weighted by Gasteiger charge is -2.28. The molecule has 1 unspecified atom stereocenters. The van der Waals surface area contributed by atoms with Crippen LogP contribution in [0, 0.1) is 0 Å². The van der Waals surface area contributed by atoms with Gasteiger partial charge in [0.1, 0.15) is 0 Å². The van der Waals surface area contributed by atoms with E-state index in [9.17, 15) is 13.2 Å². The molecule has 1 fully saturated rings. The standard InChI is InChI=1S/C9H17F3N2/c1-7(2)14-5-3-4-8(14)6-13-9(10,11)12/h7-8,13H,3-6H2,1-2H3. The fourth-order valence-corrected chi connectivity index (χ4v) is 1.99. The molecule has 1 aliphatic rings. The molecule has 0 bridgehead atoms. The summed E-state index contributed by atoms with van der Waals surface area (Å²) in [6, 6.07) is 0.370. The molecule has 0 aliphatic carbocycles. The number of nitrogens with one attached hydrogen (secondary N) is 1. The Kier molecular flexibility index (Phi) is 3.78. The molecule has 1 saturated heterocycles. The van der Waals surface area contributed by atoms with Gasteiger partial charge >= 0.3 is 6.30 Å². The lowest BCUT2D eigenvalue weighted by atomic mass is 10.2. The van der Waals surface area contributed by atoms with Crippen molar-refractivity contribution in [1.29, 1.82) is 0 Å². The third kappa shape index (κ3) is 3.46. The number of alkyl halides is 3. The Labute approximate surface area is 82.5 Å². The molecule has 0 aromatic heterocycles. The number of nitrogens with zero attached hydrogens (tertiary/aromatic N) is 1. The second kappa shape index (κ2) is 4.49. The van der Waals surface area contributed by atoms with Crippen LogP contribution in [0.4, 0.5) is 13.2 Å². The topological polar surface area (TPSA) is 15.3 Å². The van der Waals surface area contributed by atoms with Gasteiger partial charge in [0.2, 0.25) is 0 Å². The van der Waals surface area contributed by atoms with Crippen molar-refractivity contribution in [3.8, 4) is 0 Å². The van der Waals surface area contributed by atoms with Crippen molar-refractivity contribution < 1.29 is 13.2 Å². The lowest BCUT2D eigenvalue weighted by molar-refractivity contribution is -0.159. The minimum Gasteiger partial charge on any atom is -0.297 e. The molecule has 0 radical (unpaired) electrons. The van der Waals surface area contributed by atoms with E-state index in [0.29, 0.717) is 6.04 Å². The Balaban J connectivity index is 2.36. The smallest absolute Gasteiger partial charge is 0.297 e. The largest absolute Gasteiger partial charge is 0.457 e. The van der Waals surface area contributed by atoms with Gasteiger partial charge in [-0.15, -0.1) is 0 Å². The quantitative estimate of drug-likeness (QED) is 0.716. The molecule has 1 N–H and O–H groups in total. The van der Waals surface area contributed by atoms with E-state index < -0.39 is 6.30 Å². The zero-order valence-electron chi connectivity index (χ0n) is 8.56. The summed E-state index contributed by atoms with van der Waals surface area (Å²) in [6.07, 6.45) is -2.38. The van der Waals surface area contributed by atoms with E-state index in [1.807, 2.05) is 13.8 Å². The van der Waals surface area contributed by atoms with E-state index in [1.165, 1.54) is 0 Å². The van der Waals surface area contributed by atoms with Crippen molar-refractivity contribution in [3.63, 3.8) is 0 Å². The van der Waals surface area contributed by atoms with Crippen molar-refractivity contribution >= 4 is 0 Å². The summed E-state index contributed by atoms with van der Waals surface area (Å²) < 4.78 is 35.7. The highest BCUT2D eigenvalue weighted by Gasteiger charge is 2.32. The van der Waals surface area contributed by atoms with Crippen LogP contribution in [-0.2, 0) is 0 Å². The molecular formula is C9H17F3N2. The van der Waals surface area contributed by atoms with E-state index in [2.05, 4.69) is 4.90 Å². The molecule has 2 nitrogen and oxygen atoms in total. The van der Waals surface area contributed by atoms with Gasteiger partial charge in [0, 0.05) is 18.6 Å². The first-order valence-electron chi connectivity index (χ1n) is 4.97. The maximum absolute atomic E-state index is 11.9. The summed E-state index contributed by atoms with van der Waals surface area (Å²) in [4.78, 5) is 2.12. The van der Waals surface area contributed by atoms with Gasteiger partial charge < -0.3 is 0 Å². The maximum Gasteiger partial charge on any atom is 0.457 e. The number of hydrogen-bond donors (Lipinski definition) is 1. The van der Waals surface area contributed by atoms with Crippen LogP contribution in [0.15, 0.2) is 0 Å². The van der Waals surface area contributed by atoms with Crippen LogP contribution in [-0.4, -0.2) is 36.4 Å². The van der Waals surface area contributed by atoms with Crippen LogP contribution in [0.25, 0.3) is 0 Å². The van der Waals surface area contributed by atoms with Gasteiger partial charge in [0.05, 0.1) is 0 Å². The number of halogens is 3. The van der Waals surface area contributed by atoms with Gasteiger partial charge in [0.25, 0.3) is 0 Å². The summed E-state index contributed by atoms with van der Waals surface area (Å²) >= 11 is 0. The summed E-state index contributed by atoms with van der Waals surface area (Å²) in [6.45, 7) is 4.97. The molecule has 1 rings (SSSR count). The molecule has 0 saturated carbocycles. The Morgan fingerprint density at radius 1 is 1.43 bits per heavy atom. The summed E-state index contributed by atoms with van der Waals surface area (Å²) in [5.74, 6) is 0. The Hall–Kier alpha value is -0.290. The molecule has 1 atom stereocenters. The molecule has 1 aliphatic heterocycles. The van der Waals surface area contributed by atoms with Gasteiger partial charge in [-0.05, 0) is 33.2 Å². The summed E-state index contributed by atoms with van der Waals surface area (Å²) in [5.41, 5.74) is 0. The Morgan fingerprint density at radius 2 is 2.07 bits per heavy atom. The highest BCUT2D eigenvalue weighted by molar-refractivity contribution is 4.83. The second-order valence-corrected chi connectivity index (χ2v) is 4.01. The third-order valence-corrected chi connectivity index (χ3v) is 2.62. The van der Waals surface area contributed by atoms with Crippen LogP contribution < -0.4 is 5.32 Å². The fraction of sp³-hybridized carbons (Fsp3) is 1.00. The van der Waals surface area contributed by atoms with Crippen molar-refractivity contribution in [2.24, 2.45) is 0 Å². The molecule has 5 heteroatoms. The van der Waals surface area contributed by atoms with Crippen molar-refractivity contribution in [2.45, 2.75) is 45.1 Å². The predicted molar refractivity (Wildman–Crippen MR) is 48.9 cm³/mol. The minimum absolute atomic E-state index is 0.0156. The van der Waals surface area contributed by atoms with Crippen LogP contribution in [0.2, 0.25) is 0 Å². The van der Waals surface area contributed by atoms with Crippen molar-refractivity contribution in [1.82, 2.24) is 10.2 Å². The summed E-state index contributed by atoms with van der Waals surface area (Å²) in [5, 5.41) is 1.61. The molecule has 0 aromatic rings. The highest BCUT2D eigenvalue weighted by atomic mass is 19.4. The molecule has 1 heterocycles. The monoisotopic (exact) mass is 210 g/mol. The molecule has 0 amide bonds. The molecule has 14 heavy (non-hydrogen) atoms. The average Bonchev–Trinajstić information content (AvgIpc) is 2.46. The molecule has 0 spiro atoms. The van der Waals surface area contributed by atoms with Crippen LogP contribution in [0.1, 0.15) is 26.7 Å². The Morgan fingerprint density at radius 3 is 2.57 bits per heavy atom. The van der Waals surface area contributed by atoms with Crippen molar-refractivity contribution in [2.75, 3.05) is 13.1 Å². The first kappa shape index (κ1) is 11.8. The molecule has 0 aromatic carbocycles. The SMILES string of the molecule is CC(C)N1CCCC1CNC(F)(F)F. The highest BCUT2D eigenvalue weighted by Crippen LogP contribution is 2.20. The first-order chi connectivity index (χ1) is 6.40. The van der Waals surface area contributed by atoms with Crippen LogP contribution >= 0.6 is 0 Å². The molecular weight excluding hydrogens is 193 g/mol. The fourth-order valence-electron chi connectivity index (χ4n) is 1.99. The predicted octanol–water partition coefficient (Wildman–Crippen LogP) is 1.97. The van der Waals surface area contributed by atoms with E-state index >= 15 is 0 Å². The van der Waals surface area contributed by atoms with Crippen LogP contribution in [0.3, 0.4) is 0 Å². The number of rotatable bonds is 3. The molecule has 84 valence electrons. The lowest BCUT2D eigenvalue weighted by Crippen LogP contribution is -2.45. The first-order valence-corrected chi connectivity index (χ1v) is 4.97. The number of hydrogen-bond acceptors (Lipinski definition) is 2. The average molecular weight is 210 g/mol. The number of likely N-dealkylation sites (tertiary alicyclic amines) is 1. The summed E-state index contributed by atoms with van der Waals surface area (Å²) in [7, 11) is 0. The van der Waals surface area contributed by atoms with Gasteiger partial charge in [-0.2, -0.15) is 13.2 Å². The maximum atomic E-state index is 11.9. The van der Waals surface area contributed by atoms with E-state index in [1.54, 1.807) is 5.32 Å². The second-order valence-electron chi connectivity index (χ2n) is 4.01. The van der Waals surface area contributed by atoms with E-state index in [0.717, 1.165) is 19.4 Å². The van der Waals surface area contributed by atoms with E-state index in [-0.39, 0.29) is 12.6 Å².